The Bertz CT molecular complexity index is 402. The largest absolute Gasteiger partial charge is 0.304 e. The van der Waals surface area contributed by atoms with Gasteiger partial charge in [-0.2, -0.15) is 17.4 Å². The molecule has 2 heterocycles. The Kier molecular flexibility index (Phi) is 4.55. The Labute approximate surface area is 117 Å². The maximum Gasteiger partial charge on any atom is 0.279 e. The maximum atomic E-state index is 12.5. The molecule has 19 heavy (non-hydrogen) atoms. The lowest BCUT2D eigenvalue weighted by molar-refractivity contribution is 0.219. The van der Waals surface area contributed by atoms with E-state index in [4.69, 9.17) is 0 Å². The van der Waals surface area contributed by atoms with Gasteiger partial charge in [0.2, 0.25) is 0 Å². The zero-order valence-electron chi connectivity index (χ0n) is 12.5. The van der Waals surface area contributed by atoms with Crippen molar-refractivity contribution in [3.8, 4) is 0 Å². The molecule has 4 atom stereocenters. The van der Waals surface area contributed by atoms with E-state index in [-0.39, 0.29) is 6.04 Å². The first-order chi connectivity index (χ1) is 8.78. The summed E-state index contributed by atoms with van der Waals surface area (Å²) in [5.41, 5.74) is 0. The third-order valence-corrected chi connectivity index (χ3v) is 5.85. The van der Waals surface area contributed by atoms with Gasteiger partial charge >= 0.3 is 0 Å². The van der Waals surface area contributed by atoms with E-state index < -0.39 is 10.2 Å². The minimum absolute atomic E-state index is 0.0440. The van der Waals surface area contributed by atoms with E-state index in [1.54, 1.807) is 4.31 Å². The zero-order chi connectivity index (χ0) is 14.2. The first kappa shape index (κ1) is 15.2. The summed E-state index contributed by atoms with van der Waals surface area (Å²) in [6.07, 6.45) is 1.12. The molecule has 0 unspecified atom stereocenters. The highest BCUT2D eigenvalue weighted by Crippen LogP contribution is 2.24. The highest BCUT2D eigenvalue weighted by Gasteiger charge is 2.35. The molecule has 2 saturated heterocycles. The van der Waals surface area contributed by atoms with Crippen molar-refractivity contribution in [3.63, 3.8) is 0 Å². The lowest BCUT2D eigenvalue weighted by Gasteiger charge is -2.35. The van der Waals surface area contributed by atoms with Crippen LogP contribution in [0.1, 0.15) is 27.2 Å². The van der Waals surface area contributed by atoms with E-state index in [0.717, 1.165) is 19.5 Å². The number of nitrogens with zero attached hydrogens (tertiary/aromatic N) is 2. The van der Waals surface area contributed by atoms with Gasteiger partial charge in [0.25, 0.3) is 10.2 Å². The third kappa shape index (κ3) is 3.68. The minimum Gasteiger partial charge on any atom is -0.304 e. The van der Waals surface area contributed by atoms with Gasteiger partial charge in [0, 0.05) is 32.2 Å². The summed E-state index contributed by atoms with van der Waals surface area (Å²) in [6, 6.07) is 0.0440. The topological polar surface area (TPSA) is 52.7 Å². The molecule has 0 aliphatic carbocycles. The van der Waals surface area contributed by atoms with E-state index in [2.05, 4.69) is 30.4 Å². The molecule has 0 spiro atoms. The van der Waals surface area contributed by atoms with Crippen LogP contribution in [0.15, 0.2) is 0 Å². The molecule has 2 rings (SSSR count). The summed E-state index contributed by atoms with van der Waals surface area (Å²) >= 11 is 0. The van der Waals surface area contributed by atoms with Crippen LogP contribution in [0.25, 0.3) is 0 Å². The summed E-state index contributed by atoms with van der Waals surface area (Å²) in [6.45, 7) is 9.43. The van der Waals surface area contributed by atoms with Gasteiger partial charge in [0.05, 0.1) is 0 Å². The number of likely N-dealkylation sites (tertiary alicyclic amines) is 1. The van der Waals surface area contributed by atoms with Crippen LogP contribution in [0, 0.1) is 17.8 Å². The van der Waals surface area contributed by atoms with Crippen molar-refractivity contribution in [3.05, 3.63) is 0 Å². The Balaban J connectivity index is 2.02. The molecule has 6 heteroatoms. The average Bonchev–Trinajstić information content (AvgIpc) is 2.55. The molecule has 0 aromatic rings. The summed E-state index contributed by atoms with van der Waals surface area (Å²) in [5.74, 6) is 1.27. The molecule has 2 fully saturated rings. The number of likely N-dealkylation sites (N-methyl/N-ethyl adjacent to an activating group) is 1. The minimum atomic E-state index is -3.33. The predicted molar refractivity (Wildman–Crippen MR) is 77.0 cm³/mol. The Hall–Kier alpha value is -0.170. The van der Waals surface area contributed by atoms with Crippen LogP contribution in [0.2, 0.25) is 0 Å². The van der Waals surface area contributed by atoms with E-state index >= 15 is 0 Å². The first-order valence-corrected chi connectivity index (χ1v) is 8.68. The van der Waals surface area contributed by atoms with Crippen LogP contribution in [0.3, 0.4) is 0 Å². The molecule has 5 nitrogen and oxygen atoms in total. The quantitative estimate of drug-likeness (QED) is 0.834. The maximum absolute atomic E-state index is 12.5. The van der Waals surface area contributed by atoms with Gasteiger partial charge in [0.15, 0.2) is 0 Å². The van der Waals surface area contributed by atoms with Crippen LogP contribution in [0.5, 0.6) is 0 Å². The van der Waals surface area contributed by atoms with Crippen LogP contribution >= 0.6 is 0 Å². The second-order valence-electron chi connectivity index (χ2n) is 6.69. The summed E-state index contributed by atoms with van der Waals surface area (Å²) in [5, 5.41) is 0. The van der Waals surface area contributed by atoms with Gasteiger partial charge in [-0.25, -0.2) is 0 Å². The molecular formula is C13H27N3O2S. The van der Waals surface area contributed by atoms with Gasteiger partial charge < -0.3 is 4.90 Å². The van der Waals surface area contributed by atoms with Crippen molar-refractivity contribution in [2.45, 2.75) is 33.2 Å². The van der Waals surface area contributed by atoms with Crippen LogP contribution in [-0.4, -0.2) is 56.9 Å². The van der Waals surface area contributed by atoms with Crippen molar-refractivity contribution >= 4 is 10.2 Å². The molecule has 0 aromatic heterocycles. The van der Waals surface area contributed by atoms with E-state index in [1.165, 1.54) is 0 Å². The number of hydrogen-bond donors (Lipinski definition) is 1. The Morgan fingerprint density at radius 3 is 2.05 bits per heavy atom. The number of nitrogens with one attached hydrogen (secondary N) is 1. The highest BCUT2D eigenvalue weighted by molar-refractivity contribution is 7.87. The molecule has 112 valence electrons. The molecule has 0 radical (unpaired) electrons. The number of piperidine rings is 1. The highest BCUT2D eigenvalue weighted by atomic mass is 32.2. The molecule has 0 aromatic carbocycles. The Morgan fingerprint density at radius 1 is 1.00 bits per heavy atom. The van der Waals surface area contributed by atoms with E-state index in [0.29, 0.717) is 30.8 Å². The lowest BCUT2D eigenvalue weighted by Crippen LogP contribution is -2.51. The second kappa shape index (κ2) is 5.68. The van der Waals surface area contributed by atoms with Gasteiger partial charge in [-0.3, -0.25) is 0 Å². The van der Waals surface area contributed by atoms with Gasteiger partial charge in [-0.05, 0) is 31.2 Å². The molecule has 0 saturated carbocycles. The standard InChI is InChI=1S/C13H27N3O2S/c1-10-5-11(2)7-16(6-10)19(17,18)14-13-9-15(4)8-12(13)3/h10-14H,5-9H2,1-4H3/t10-,11+,12-,13+/m1/s1. The zero-order valence-corrected chi connectivity index (χ0v) is 13.3. The molecule has 2 aliphatic heterocycles. The van der Waals surface area contributed by atoms with Crippen LogP contribution in [0.4, 0.5) is 0 Å². The van der Waals surface area contributed by atoms with Gasteiger partial charge in [0.1, 0.15) is 0 Å². The van der Waals surface area contributed by atoms with Crippen molar-refractivity contribution in [2.75, 3.05) is 33.2 Å². The molecule has 0 amide bonds. The molecule has 0 bridgehead atoms. The summed E-state index contributed by atoms with van der Waals surface area (Å²) in [7, 11) is -1.29. The van der Waals surface area contributed by atoms with Gasteiger partial charge in [-0.1, -0.05) is 20.8 Å². The molecular weight excluding hydrogens is 262 g/mol. The van der Waals surface area contributed by atoms with Crippen molar-refractivity contribution in [1.29, 1.82) is 0 Å². The van der Waals surface area contributed by atoms with Gasteiger partial charge in [-0.15, -0.1) is 0 Å². The van der Waals surface area contributed by atoms with Crippen molar-refractivity contribution in [2.24, 2.45) is 17.8 Å². The lowest BCUT2D eigenvalue weighted by atomic mass is 9.94. The fraction of sp³-hybridized carbons (Fsp3) is 1.00. The van der Waals surface area contributed by atoms with Crippen LogP contribution < -0.4 is 4.72 Å². The number of rotatable bonds is 3. The van der Waals surface area contributed by atoms with E-state index in [9.17, 15) is 8.42 Å². The monoisotopic (exact) mass is 289 g/mol. The molecule has 2 aliphatic rings. The third-order valence-electron chi connectivity index (χ3n) is 4.27. The number of hydrogen-bond acceptors (Lipinski definition) is 3. The average molecular weight is 289 g/mol. The summed E-state index contributed by atoms with van der Waals surface area (Å²) < 4.78 is 29.5. The Morgan fingerprint density at radius 2 is 1.58 bits per heavy atom. The summed E-state index contributed by atoms with van der Waals surface area (Å²) in [4.78, 5) is 2.18. The normalized spacial score (nSPS) is 38.7. The SMILES string of the molecule is C[C@@H]1C[C@H](C)CN(S(=O)(=O)N[C@H]2CN(C)C[C@H]2C)C1. The first-order valence-electron chi connectivity index (χ1n) is 7.24. The van der Waals surface area contributed by atoms with Crippen LogP contribution in [-0.2, 0) is 10.2 Å². The molecule has 1 N–H and O–H groups in total. The smallest absolute Gasteiger partial charge is 0.279 e. The van der Waals surface area contributed by atoms with E-state index in [1.807, 2.05) is 7.05 Å². The van der Waals surface area contributed by atoms with Crippen molar-refractivity contribution in [1.82, 2.24) is 13.9 Å². The second-order valence-corrected chi connectivity index (χ2v) is 8.39. The predicted octanol–water partition coefficient (Wildman–Crippen LogP) is 0.749. The fourth-order valence-electron chi connectivity index (χ4n) is 3.43. The van der Waals surface area contributed by atoms with Crippen molar-refractivity contribution < 1.29 is 8.42 Å². The fourth-order valence-corrected chi connectivity index (χ4v) is 5.17.